The minimum atomic E-state index is -0.421. The molecule has 4 heteroatoms. The van der Waals surface area contributed by atoms with E-state index in [-0.39, 0.29) is 13.2 Å². The molecule has 1 aliphatic rings. The molecule has 0 radical (unpaired) electrons. The first-order valence-electron chi connectivity index (χ1n) is 6.97. The summed E-state index contributed by atoms with van der Waals surface area (Å²) in [4.78, 5) is 11.7. The summed E-state index contributed by atoms with van der Waals surface area (Å²) >= 11 is 0. The minimum absolute atomic E-state index is 0.0113. The molecule has 0 aromatic heterocycles. The third-order valence-electron chi connectivity index (χ3n) is 3.26. The molecule has 4 nitrogen and oxygen atoms in total. The van der Waals surface area contributed by atoms with E-state index < -0.39 is 5.97 Å². The van der Waals surface area contributed by atoms with Crippen LogP contribution >= 0.6 is 0 Å². The van der Waals surface area contributed by atoms with Gasteiger partial charge in [-0.3, -0.25) is 0 Å². The summed E-state index contributed by atoms with van der Waals surface area (Å²) in [6.45, 7) is 6.15. The van der Waals surface area contributed by atoms with Crippen molar-refractivity contribution < 1.29 is 19.4 Å². The highest BCUT2D eigenvalue weighted by atomic mass is 16.6. The Morgan fingerprint density at radius 2 is 2.29 bits per heavy atom. The van der Waals surface area contributed by atoms with Crippen molar-refractivity contribution in [3.63, 3.8) is 0 Å². The van der Waals surface area contributed by atoms with E-state index in [4.69, 9.17) is 14.6 Å². The first-order valence-corrected chi connectivity index (χ1v) is 6.97. The van der Waals surface area contributed by atoms with E-state index in [1.165, 1.54) is 5.56 Å². The van der Waals surface area contributed by atoms with E-state index in [0.717, 1.165) is 24.2 Å². The second-order valence-electron chi connectivity index (χ2n) is 5.01. The van der Waals surface area contributed by atoms with E-state index in [9.17, 15) is 4.79 Å². The van der Waals surface area contributed by atoms with E-state index in [2.05, 4.69) is 12.6 Å². The van der Waals surface area contributed by atoms with Gasteiger partial charge in [0.15, 0.2) is 0 Å². The molecular formula is C17H20O4. The van der Waals surface area contributed by atoms with Crippen LogP contribution in [-0.2, 0) is 20.7 Å². The predicted molar refractivity (Wildman–Crippen MR) is 81.7 cm³/mol. The molecule has 0 spiro atoms. The molecule has 1 fully saturated rings. The Kier molecular flexibility index (Phi) is 5.31. The number of ether oxygens (including phenoxy) is 2. The van der Waals surface area contributed by atoms with Gasteiger partial charge in [0.05, 0.1) is 19.3 Å². The standard InChI is InChI=1S/C17H20O4/c1-3-14-5-4-13(10-16-11-21-16)9-15(14)8-12(2)17(19)20-7-6-18/h3-5,8-9,16,18H,1,6-7,10-11H2,2H3/b12-8+. The number of hydrogen-bond donors (Lipinski definition) is 1. The molecule has 112 valence electrons. The van der Waals surface area contributed by atoms with Crippen molar-refractivity contribution in [1.29, 1.82) is 0 Å². The number of carbonyl (C=O) groups is 1. The average molecular weight is 288 g/mol. The van der Waals surface area contributed by atoms with Gasteiger partial charge in [-0.25, -0.2) is 4.79 Å². The lowest BCUT2D eigenvalue weighted by Gasteiger charge is -2.07. The molecule has 1 aromatic rings. The van der Waals surface area contributed by atoms with Gasteiger partial charge in [-0.1, -0.05) is 30.9 Å². The summed E-state index contributed by atoms with van der Waals surface area (Å²) in [5, 5.41) is 8.67. The topological polar surface area (TPSA) is 59.1 Å². The fourth-order valence-corrected chi connectivity index (χ4v) is 2.06. The maximum absolute atomic E-state index is 11.7. The molecule has 0 bridgehead atoms. The molecule has 0 amide bonds. The molecule has 1 heterocycles. The molecule has 21 heavy (non-hydrogen) atoms. The summed E-state index contributed by atoms with van der Waals surface area (Å²) < 4.78 is 10.1. The molecule has 2 rings (SSSR count). The van der Waals surface area contributed by atoms with Crippen LogP contribution in [-0.4, -0.2) is 37.0 Å². The SMILES string of the molecule is C=Cc1ccc(CC2CO2)cc1/C=C(\C)C(=O)OCCO. The highest BCUT2D eigenvalue weighted by Gasteiger charge is 2.22. The normalized spacial score (nSPS) is 17.4. The van der Waals surface area contributed by atoms with Crippen molar-refractivity contribution in [2.45, 2.75) is 19.4 Å². The minimum Gasteiger partial charge on any atom is -0.460 e. The molecule has 1 unspecified atom stereocenters. The van der Waals surface area contributed by atoms with E-state index >= 15 is 0 Å². The lowest BCUT2D eigenvalue weighted by Crippen LogP contribution is -2.09. The van der Waals surface area contributed by atoms with Crippen LogP contribution in [0.25, 0.3) is 12.2 Å². The fraction of sp³-hybridized carbons (Fsp3) is 0.353. The first-order chi connectivity index (χ1) is 10.1. The quantitative estimate of drug-likeness (QED) is 0.475. The second kappa shape index (κ2) is 7.20. The maximum atomic E-state index is 11.7. The molecule has 1 aromatic carbocycles. The number of benzene rings is 1. The van der Waals surface area contributed by atoms with Crippen LogP contribution in [0.15, 0.2) is 30.4 Å². The Bertz CT molecular complexity index is 556. The summed E-state index contributed by atoms with van der Waals surface area (Å²) in [5.41, 5.74) is 3.56. The summed E-state index contributed by atoms with van der Waals surface area (Å²) in [5.74, 6) is -0.421. The third-order valence-corrected chi connectivity index (χ3v) is 3.26. The smallest absolute Gasteiger partial charge is 0.333 e. The van der Waals surface area contributed by atoms with Gasteiger partial charge in [-0.05, 0) is 29.7 Å². The Hall–Kier alpha value is -1.91. The van der Waals surface area contributed by atoms with Crippen LogP contribution in [0.3, 0.4) is 0 Å². The van der Waals surface area contributed by atoms with Gasteiger partial charge in [-0.15, -0.1) is 0 Å². The van der Waals surface area contributed by atoms with Crippen molar-refractivity contribution in [2.24, 2.45) is 0 Å². The van der Waals surface area contributed by atoms with Crippen LogP contribution in [0.2, 0.25) is 0 Å². The van der Waals surface area contributed by atoms with Gasteiger partial charge in [0, 0.05) is 12.0 Å². The lowest BCUT2D eigenvalue weighted by molar-refractivity contribution is -0.139. The van der Waals surface area contributed by atoms with Crippen LogP contribution in [0, 0.1) is 0 Å². The zero-order valence-electron chi connectivity index (χ0n) is 12.2. The first kappa shape index (κ1) is 15.5. The number of carbonyl (C=O) groups excluding carboxylic acids is 1. The summed E-state index contributed by atoms with van der Waals surface area (Å²) in [7, 11) is 0. The number of epoxide rings is 1. The summed E-state index contributed by atoms with van der Waals surface area (Å²) in [6, 6.07) is 6.08. The molecular weight excluding hydrogens is 268 g/mol. The maximum Gasteiger partial charge on any atom is 0.333 e. The van der Waals surface area contributed by atoms with E-state index in [1.807, 2.05) is 12.1 Å². The molecule has 0 saturated carbocycles. The zero-order chi connectivity index (χ0) is 15.2. The van der Waals surface area contributed by atoms with Crippen LogP contribution in [0.5, 0.6) is 0 Å². The monoisotopic (exact) mass is 288 g/mol. The lowest BCUT2D eigenvalue weighted by atomic mass is 9.99. The van der Waals surface area contributed by atoms with Gasteiger partial charge in [0.25, 0.3) is 0 Å². The van der Waals surface area contributed by atoms with E-state index in [1.54, 1.807) is 19.1 Å². The average Bonchev–Trinajstić information content (AvgIpc) is 3.29. The molecule has 1 aliphatic heterocycles. The Labute approximate surface area is 124 Å². The Balaban J connectivity index is 2.18. The van der Waals surface area contributed by atoms with Crippen molar-refractivity contribution >= 4 is 18.1 Å². The highest BCUT2D eigenvalue weighted by Crippen LogP contribution is 2.21. The number of aliphatic hydroxyl groups is 1. The van der Waals surface area contributed by atoms with Crippen LogP contribution in [0.1, 0.15) is 23.6 Å². The number of hydrogen-bond acceptors (Lipinski definition) is 4. The van der Waals surface area contributed by atoms with Crippen molar-refractivity contribution in [1.82, 2.24) is 0 Å². The highest BCUT2D eigenvalue weighted by molar-refractivity contribution is 5.93. The zero-order valence-corrected chi connectivity index (χ0v) is 12.2. The summed E-state index contributed by atoms with van der Waals surface area (Å²) in [6.07, 6.45) is 4.75. The third kappa shape index (κ3) is 4.55. The number of rotatable bonds is 7. The molecule has 1 saturated heterocycles. The van der Waals surface area contributed by atoms with Gasteiger partial charge in [-0.2, -0.15) is 0 Å². The second-order valence-corrected chi connectivity index (χ2v) is 5.01. The van der Waals surface area contributed by atoms with Gasteiger partial charge >= 0.3 is 5.97 Å². The van der Waals surface area contributed by atoms with Gasteiger partial charge in [0.2, 0.25) is 0 Å². The number of aliphatic hydroxyl groups excluding tert-OH is 1. The van der Waals surface area contributed by atoms with Crippen LogP contribution < -0.4 is 0 Å². The predicted octanol–water partition coefficient (Wildman–Crippen LogP) is 2.21. The van der Waals surface area contributed by atoms with Gasteiger partial charge in [0.1, 0.15) is 6.61 Å². The largest absolute Gasteiger partial charge is 0.460 e. The van der Waals surface area contributed by atoms with Crippen molar-refractivity contribution in [3.05, 3.63) is 47.0 Å². The van der Waals surface area contributed by atoms with Gasteiger partial charge < -0.3 is 14.6 Å². The Morgan fingerprint density at radius 3 is 2.90 bits per heavy atom. The van der Waals surface area contributed by atoms with Crippen molar-refractivity contribution in [2.75, 3.05) is 19.8 Å². The van der Waals surface area contributed by atoms with E-state index in [0.29, 0.717) is 11.7 Å². The fourth-order valence-electron chi connectivity index (χ4n) is 2.06. The van der Waals surface area contributed by atoms with Crippen molar-refractivity contribution in [3.8, 4) is 0 Å². The van der Waals surface area contributed by atoms with Crippen LogP contribution in [0.4, 0.5) is 0 Å². The number of esters is 1. The molecule has 1 atom stereocenters. The molecule has 0 aliphatic carbocycles. The molecule has 1 N–H and O–H groups in total. The Morgan fingerprint density at radius 1 is 1.52 bits per heavy atom.